The molecule has 1 aliphatic carbocycles. The number of nitrogens with one attached hydrogen (secondary N) is 3. The number of nitrogens with zero attached hydrogens (tertiary/aromatic N) is 2. The van der Waals surface area contributed by atoms with Crippen LogP contribution < -0.4 is 27.4 Å². The minimum Gasteiger partial charge on any atom is -0.398 e. The molecule has 36 heavy (non-hydrogen) atoms. The number of pyridine rings is 1. The molecule has 0 aliphatic heterocycles. The van der Waals surface area contributed by atoms with Gasteiger partial charge in [-0.2, -0.15) is 0 Å². The predicted molar refractivity (Wildman–Crippen MR) is 144 cm³/mol. The number of hydrogen-bond donors (Lipinski definition) is 5. The van der Waals surface area contributed by atoms with Gasteiger partial charge in [-0.3, -0.25) is 4.79 Å². The number of amides is 1. The van der Waals surface area contributed by atoms with E-state index in [1.54, 1.807) is 13.0 Å². The molecule has 7 N–H and O–H groups in total. The average molecular weight is 490 g/mol. The third-order valence-electron chi connectivity index (χ3n) is 6.83. The summed E-state index contributed by atoms with van der Waals surface area (Å²) in [5.41, 5.74) is 15.6. The molecule has 4 rings (SSSR count). The van der Waals surface area contributed by atoms with Gasteiger partial charge in [-0.25, -0.2) is 14.4 Å². The van der Waals surface area contributed by atoms with Crippen LogP contribution in [-0.2, 0) is 4.79 Å². The molecule has 8 nitrogen and oxygen atoms in total. The Hall–Kier alpha value is -4.01. The van der Waals surface area contributed by atoms with Gasteiger partial charge >= 0.3 is 0 Å². The van der Waals surface area contributed by atoms with Crippen LogP contribution in [0.5, 0.6) is 0 Å². The van der Waals surface area contributed by atoms with Crippen LogP contribution >= 0.6 is 0 Å². The fourth-order valence-corrected chi connectivity index (χ4v) is 4.82. The summed E-state index contributed by atoms with van der Waals surface area (Å²) in [7, 11) is 0. The molecule has 2 heterocycles. The Bertz CT molecular complexity index is 1500. The van der Waals surface area contributed by atoms with Crippen LogP contribution in [0.25, 0.3) is 22.2 Å². The summed E-state index contributed by atoms with van der Waals surface area (Å²) < 4.78 is 14.2. The summed E-state index contributed by atoms with van der Waals surface area (Å²) in [6.45, 7) is 5.67. The van der Waals surface area contributed by atoms with E-state index in [1.165, 1.54) is 18.5 Å². The van der Waals surface area contributed by atoms with Gasteiger partial charge in [0, 0.05) is 50.9 Å². The first-order chi connectivity index (χ1) is 17.2. The number of nitrogens with two attached hydrogens (primary N) is 2. The van der Waals surface area contributed by atoms with Crippen molar-refractivity contribution < 1.29 is 9.18 Å². The molecule has 0 spiro atoms. The Labute approximate surface area is 208 Å². The van der Waals surface area contributed by atoms with Gasteiger partial charge in [0.15, 0.2) is 5.70 Å². The van der Waals surface area contributed by atoms with Gasteiger partial charge in [0.05, 0.1) is 11.5 Å². The SMILES string of the molecule is CC/C(C)=c1/c(=C(\N=C(C)c2cc(F)cnc2NC2CCCC2)C(N)=O)[nH]c2ccc(N)c(C=N)c12. The smallest absolute Gasteiger partial charge is 0.269 e. The second-order valence-electron chi connectivity index (χ2n) is 9.23. The number of anilines is 2. The Morgan fingerprint density at radius 2 is 2.06 bits per heavy atom. The van der Waals surface area contributed by atoms with E-state index in [1.807, 2.05) is 19.9 Å². The first-order valence-corrected chi connectivity index (χ1v) is 12.2. The lowest BCUT2D eigenvalue weighted by molar-refractivity contribution is -0.113. The standard InChI is InChI=1S/C27H32FN7O/c1-4-14(2)22-23-19(12-29)20(30)9-10-21(23)35-24(22)25(26(31)36)33-15(3)18-11-16(28)13-32-27(18)34-17-7-5-6-8-17/h9-13,17,29,35H,4-8,30H2,1-3H3,(H2,31,36)(H,32,34)/b22-14+,25-24+,29-12?,33-15?. The summed E-state index contributed by atoms with van der Waals surface area (Å²) in [5.74, 6) is -0.699. The van der Waals surface area contributed by atoms with Crippen LogP contribution in [0.2, 0.25) is 0 Å². The van der Waals surface area contributed by atoms with E-state index >= 15 is 0 Å². The number of nitrogen functional groups attached to an aromatic ring is 1. The van der Waals surface area contributed by atoms with Crippen LogP contribution in [0.1, 0.15) is 64.0 Å². The zero-order chi connectivity index (χ0) is 26.0. The molecule has 0 atom stereocenters. The highest BCUT2D eigenvalue weighted by Gasteiger charge is 2.20. The zero-order valence-electron chi connectivity index (χ0n) is 20.8. The lowest BCUT2D eigenvalue weighted by Crippen LogP contribution is -2.32. The van der Waals surface area contributed by atoms with Crippen LogP contribution in [0, 0.1) is 11.2 Å². The maximum Gasteiger partial charge on any atom is 0.269 e. The highest BCUT2D eigenvalue weighted by molar-refractivity contribution is 6.17. The zero-order valence-corrected chi connectivity index (χ0v) is 20.8. The molecule has 2 aromatic heterocycles. The van der Waals surface area contributed by atoms with Gasteiger partial charge in [-0.15, -0.1) is 0 Å². The molecular weight excluding hydrogens is 457 g/mol. The first-order valence-electron chi connectivity index (χ1n) is 12.2. The number of primary amides is 1. The highest BCUT2D eigenvalue weighted by atomic mass is 19.1. The predicted octanol–water partition coefficient (Wildman–Crippen LogP) is 3.32. The first kappa shape index (κ1) is 25.1. The van der Waals surface area contributed by atoms with E-state index in [0.717, 1.165) is 41.9 Å². The average Bonchev–Trinajstić information content (AvgIpc) is 3.50. The van der Waals surface area contributed by atoms with Crippen LogP contribution in [0.3, 0.4) is 0 Å². The molecule has 188 valence electrons. The number of aromatic amines is 1. The van der Waals surface area contributed by atoms with E-state index < -0.39 is 11.7 Å². The van der Waals surface area contributed by atoms with E-state index in [4.69, 9.17) is 16.9 Å². The topological polar surface area (TPSA) is 146 Å². The minimum atomic E-state index is -0.731. The molecule has 0 unspecified atom stereocenters. The number of fused-ring (bicyclic) bond motifs is 1. The maximum atomic E-state index is 14.2. The number of carbonyl (C=O) groups excluding carboxylic acids is 1. The largest absolute Gasteiger partial charge is 0.398 e. The number of carbonyl (C=O) groups is 1. The number of H-pyrrole nitrogens is 1. The molecular formula is C27H32FN7O. The van der Waals surface area contributed by atoms with Crippen molar-refractivity contribution in [2.45, 2.75) is 58.9 Å². The number of benzene rings is 1. The van der Waals surface area contributed by atoms with Crippen molar-refractivity contribution in [1.82, 2.24) is 9.97 Å². The maximum absolute atomic E-state index is 14.2. The van der Waals surface area contributed by atoms with E-state index in [2.05, 4.69) is 20.3 Å². The summed E-state index contributed by atoms with van der Waals surface area (Å²) >= 11 is 0. The van der Waals surface area contributed by atoms with Gasteiger partial charge in [0.1, 0.15) is 11.6 Å². The molecule has 1 fully saturated rings. The molecule has 1 amide bonds. The number of rotatable bonds is 7. The lowest BCUT2D eigenvalue weighted by atomic mass is 10.0. The molecule has 1 aromatic carbocycles. The second-order valence-corrected chi connectivity index (χ2v) is 9.23. The highest BCUT2D eigenvalue weighted by Crippen LogP contribution is 2.24. The Kier molecular flexibility index (Phi) is 7.19. The fourth-order valence-electron chi connectivity index (χ4n) is 4.82. The van der Waals surface area contributed by atoms with E-state index in [0.29, 0.717) is 45.6 Å². The van der Waals surface area contributed by atoms with Crippen molar-refractivity contribution in [2.24, 2.45) is 10.7 Å². The van der Waals surface area contributed by atoms with Gasteiger partial charge in [-0.05, 0) is 51.3 Å². The summed E-state index contributed by atoms with van der Waals surface area (Å²) in [4.78, 5) is 24.9. The summed E-state index contributed by atoms with van der Waals surface area (Å²) in [5, 5.41) is 13.2. The van der Waals surface area contributed by atoms with Crippen molar-refractivity contribution in [3.05, 3.63) is 51.9 Å². The van der Waals surface area contributed by atoms with E-state index in [9.17, 15) is 9.18 Å². The van der Waals surface area contributed by atoms with Crippen LogP contribution in [0.15, 0.2) is 29.4 Å². The summed E-state index contributed by atoms with van der Waals surface area (Å²) in [6, 6.07) is 5.15. The normalized spacial score (nSPS) is 16.3. The lowest BCUT2D eigenvalue weighted by Gasteiger charge is -2.16. The minimum absolute atomic E-state index is 0.0112. The second kappa shape index (κ2) is 10.3. The van der Waals surface area contributed by atoms with Gasteiger partial charge < -0.3 is 27.2 Å². The van der Waals surface area contributed by atoms with Crippen molar-refractivity contribution in [2.75, 3.05) is 11.1 Å². The molecule has 1 saturated carbocycles. The van der Waals surface area contributed by atoms with Crippen LogP contribution in [-0.4, -0.2) is 33.8 Å². The van der Waals surface area contributed by atoms with Gasteiger partial charge in [0.25, 0.3) is 5.91 Å². The summed E-state index contributed by atoms with van der Waals surface area (Å²) in [6.07, 6.45) is 7.40. The molecule has 3 aromatic rings. The quantitative estimate of drug-likeness (QED) is 0.256. The molecule has 0 radical (unpaired) electrons. The van der Waals surface area contributed by atoms with Gasteiger partial charge in [0.2, 0.25) is 0 Å². The molecule has 0 saturated heterocycles. The van der Waals surface area contributed by atoms with Crippen molar-refractivity contribution in [3.8, 4) is 0 Å². The van der Waals surface area contributed by atoms with Crippen molar-refractivity contribution in [3.63, 3.8) is 0 Å². The third kappa shape index (κ3) is 4.73. The number of aromatic nitrogens is 2. The third-order valence-corrected chi connectivity index (χ3v) is 6.83. The number of hydrogen-bond acceptors (Lipinski definition) is 6. The fraction of sp³-hybridized carbons (Fsp3) is 0.333. The molecule has 9 heteroatoms. The molecule has 0 bridgehead atoms. The molecule has 1 aliphatic rings. The van der Waals surface area contributed by atoms with Gasteiger partial charge in [-0.1, -0.05) is 25.3 Å². The Morgan fingerprint density at radius 3 is 2.69 bits per heavy atom. The van der Waals surface area contributed by atoms with Crippen LogP contribution in [0.4, 0.5) is 15.9 Å². The number of halogens is 1. The van der Waals surface area contributed by atoms with Crippen molar-refractivity contribution in [1.29, 1.82) is 5.41 Å². The van der Waals surface area contributed by atoms with Crippen molar-refractivity contribution >= 4 is 51.5 Å². The Morgan fingerprint density at radius 1 is 1.33 bits per heavy atom. The number of aliphatic imine (C=N–C) groups is 1. The Balaban J connectivity index is 2.01. The van der Waals surface area contributed by atoms with E-state index in [-0.39, 0.29) is 11.7 Å². The monoisotopic (exact) mass is 489 g/mol.